The van der Waals surface area contributed by atoms with Crippen molar-refractivity contribution >= 4 is 28.6 Å². The van der Waals surface area contributed by atoms with Crippen LogP contribution in [0.3, 0.4) is 0 Å². The number of rotatable bonds is 5. The standard InChI is InChI=1S/C18H19N3O2S/c1-18(2,17(22)23-3)21-15-11-19-10-9-14(15)16(20-21)24-12-13-7-5-4-6-8-13/h4-11H,12H2,1-3H3. The van der Waals surface area contributed by atoms with Crippen LogP contribution in [-0.2, 0) is 20.8 Å². The van der Waals surface area contributed by atoms with E-state index in [0.29, 0.717) is 0 Å². The third-order valence-corrected chi connectivity index (χ3v) is 4.93. The van der Waals surface area contributed by atoms with E-state index < -0.39 is 5.54 Å². The molecule has 0 saturated carbocycles. The third-order valence-electron chi connectivity index (χ3n) is 3.88. The van der Waals surface area contributed by atoms with Crippen molar-refractivity contribution in [1.29, 1.82) is 0 Å². The van der Waals surface area contributed by atoms with Crippen LogP contribution in [0.5, 0.6) is 0 Å². The lowest BCUT2D eigenvalue weighted by atomic mass is 10.1. The van der Waals surface area contributed by atoms with Crippen LogP contribution in [0.15, 0.2) is 53.8 Å². The fourth-order valence-corrected chi connectivity index (χ4v) is 3.49. The van der Waals surface area contributed by atoms with Crippen LogP contribution in [0.25, 0.3) is 10.9 Å². The Hall–Kier alpha value is -2.34. The van der Waals surface area contributed by atoms with E-state index in [1.54, 1.807) is 42.7 Å². The van der Waals surface area contributed by atoms with E-state index in [1.807, 2.05) is 24.3 Å². The van der Waals surface area contributed by atoms with Gasteiger partial charge < -0.3 is 4.74 Å². The minimum absolute atomic E-state index is 0.338. The zero-order chi connectivity index (χ0) is 17.2. The SMILES string of the molecule is COC(=O)C(C)(C)n1nc(SCc2ccccc2)c2ccncc21. The highest BCUT2D eigenvalue weighted by molar-refractivity contribution is 7.98. The summed E-state index contributed by atoms with van der Waals surface area (Å²) in [5, 5.41) is 6.56. The van der Waals surface area contributed by atoms with Gasteiger partial charge in [0, 0.05) is 17.3 Å². The van der Waals surface area contributed by atoms with Gasteiger partial charge in [-0.2, -0.15) is 5.10 Å². The van der Waals surface area contributed by atoms with Crippen molar-refractivity contribution in [2.24, 2.45) is 0 Å². The van der Waals surface area contributed by atoms with Gasteiger partial charge in [0.05, 0.1) is 18.8 Å². The minimum Gasteiger partial charge on any atom is -0.467 e. The summed E-state index contributed by atoms with van der Waals surface area (Å²) >= 11 is 1.65. The fourth-order valence-electron chi connectivity index (χ4n) is 2.53. The molecule has 0 saturated heterocycles. The molecule has 3 aromatic rings. The molecule has 0 atom stereocenters. The van der Waals surface area contributed by atoms with Crippen LogP contribution < -0.4 is 0 Å². The molecule has 0 aliphatic carbocycles. The van der Waals surface area contributed by atoms with Gasteiger partial charge in [0.15, 0.2) is 5.54 Å². The number of aromatic nitrogens is 3. The van der Waals surface area contributed by atoms with Crippen LogP contribution in [0, 0.1) is 0 Å². The van der Waals surface area contributed by atoms with Gasteiger partial charge >= 0.3 is 5.97 Å². The maximum Gasteiger partial charge on any atom is 0.333 e. The highest BCUT2D eigenvalue weighted by Gasteiger charge is 2.34. The van der Waals surface area contributed by atoms with Gasteiger partial charge in [-0.05, 0) is 25.5 Å². The predicted molar refractivity (Wildman–Crippen MR) is 94.9 cm³/mol. The summed E-state index contributed by atoms with van der Waals surface area (Å²) in [5.41, 5.74) is 1.15. The number of pyridine rings is 1. The predicted octanol–water partition coefficient (Wildman–Crippen LogP) is 3.63. The molecule has 5 nitrogen and oxygen atoms in total. The minimum atomic E-state index is -0.901. The van der Waals surface area contributed by atoms with Crippen molar-refractivity contribution in [2.45, 2.75) is 30.2 Å². The summed E-state index contributed by atoms with van der Waals surface area (Å²) in [4.78, 5) is 16.3. The molecule has 1 aromatic carbocycles. The lowest BCUT2D eigenvalue weighted by Gasteiger charge is -2.22. The molecule has 0 amide bonds. The summed E-state index contributed by atoms with van der Waals surface area (Å²) in [6.45, 7) is 3.59. The van der Waals surface area contributed by atoms with Crippen molar-refractivity contribution in [3.8, 4) is 0 Å². The van der Waals surface area contributed by atoms with Gasteiger partial charge in [0.2, 0.25) is 0 Å². The topological polar surface area (TPSA) is 57.0 Å². The first-order valence-corrected chi connectivity index (χ1v) is 8.61. The summed E-state index contributed by atoms with van der Waals surface area (Å²) in [6.07, 6.45) is 3.48. The number of ether oxygens (including phenoxy) is 1. The Labute approximate surface area is 145 Å². The molecule has 2 heterocycles. The van der Waals surface area contributed by atoms with E-state index in [-0.39, 0.29) is 5.97 Å². The van der Waals surface area contributed by atoms with Crippen molar-refractivity contribution in [3.63, 3.8) is 0 Å². The zero-order valence-electron chi connectivity index (χ0n) is 13.9. The molecule has 2 aromatic heterocycles. The quantitative estimate of drug-likeness (QED) is 0.524. The Morgan fingerprint density at radius 2 is 2.00 bits per heavy atom. The molecule has 124 valence electrons. The molecule has 0 fully saturated rings. The maximum atomic E-state index is 12.2. The summed E-state index contributed by atoms with van der Waals surface area (Å²) in [7, 11) is 1.39. The Morgan fingerprint density at radius 3 is 2.71 bits per heavy atom. The number of benzene rings is 1. The van der Waals surface area contributed by atoms with Crippen molar-refractivity contribution < 1.29 is 9.53 Å². The average Bonchev–Trinajstić information content (AvgIpc) is 2.99. The first-order valence-electron chi connectivity index (χ1n) is 7.62. The highest BCUT2D eigenvalue weighted by Crippen LogP contribution is 2.32. The Bertz CT molecular complexity index is 859. The molecule has 0 N–H and O–H groups in total. The van der Waals surface area contributed by atoms with Crippen LogP contribution in [0.4, 0.5) is 0 Å². The van der Waals surface area contributed by atoms with E-state index in [0.717, 1.165) is 21.7 Å². The number of fused-ring (bicyclic) bond motifs is 1. The second kappa shape index (κ2) is 6.65. The van der Waals surface area contributed by atoms with E-state index in [2.05, 4.69) is 22.2 Å². The fraction of sp³-hybridized carbons (Fsp3) is 0.278. The number of nitrogens with zero attached hydrogens (tertiary/aromatic N) is 3. The number of esters is 1. The van der Waals surface area contributed by atoms with E-state index in [1.165, 1.54) is 12.7 Å². The lowest BCUT2D eigenvalue weighted by molar-refractivity contribution is -0.149. The molecule has 0 radical (unpaired) electrons. The van der Waals surface area contributed by atoms with Crippen LogP contribution in [-0.4, -0.2) is 27.8 Å². The van der Waals surface area contributed by atoms with Crippen molar-refractivity contribution in [1.82, 2.24) is 14.8 Å². The molecule has 0 spiro atoms. The second-order valence-electron chi connectivity index (χ2n) is 5.93. The Morgan fingerprint density at radius 1 is 1.25 bits per heavy atom. The summed E-state index contributed by atoms with van der Waals surface area (Å²) < 4.78 is 6.63. The molecule has 24 heavy (non-hydrogen) atoms. The summed E-state index contributed by atoms with van der Waals surface area (Å²) in [5.74, 6) is 0.476. The Balaban J connectivity index is 1.99. The number of thioether (sulfide) groups is 1. The number of hydrogen-bond donors (Lipinski definition) is 0. The summed E-state index contributed by atoms with van der Waals surface area (Å²) in [6, 6.07) is 12.2. The van der Waals surface area contributed by atoms with Gasteiger partial charge in [-0.1, -0.05) is 42.1 Å². The van der Waals surface area contributed by atoms with Gasteiger partial charge in [-0.15, -0.1) is 0 Å². The van der Waals surface area contributed by atoms with E-state index in [9.17, 15) is 4.79 Å². The van der Waals surface area contributed by atoms with Crippen molar-refractivity contribution in [2.75, 3.05) is 7.11 Å². The number of methoxy groups -OCH3 is 1. The first kappa shape index (κ1) is 16.5. The average molecular weight is 341 g/mol. The van der Waals surface area contributed by atoms with E-state index >= 15 is 0 Å². The van der Waals surface area contributed by atoms with Crippen LogP contribution in [0.2, 0.25) is 0 Å². The third kappa shape index (κ3) is 3.01. The molecule has 6 heteroatoms. The number of carbonyl (C=O) groups excluding carboxylic acids is 1. The Kier molecular flexibility index (Phi) is 4.57. The molecule has 3 rings (SSSR count). The second-order valence-corrected chi connectivity index (χ2v) is 6.90. The molecular weight excluding hydrogens is 322 g/mol. The van der Waals surface area contributed by atoms with Gasteiger partial charge in [-0.3, -0.25) is 4.98 Å². The van der Waals surface area contributed by atoms with Crippen LogP contribution >= 0.6 is 11.8 Å². The molecule has 0 aliphatic rings. The normalized spacial score (nSPS) is 11.6. The van der Waals surface area contributed by atoms with Gasteiger partial charge in [0.25, 0.3) is 0 Å². The highest BCUT2D eigenvalue weighted by atomic mass is 32.2. The molecule has 0 aliphatic heterocycles. The molecular formula is C18H19N3O2S. The lowest BCUT2D eigenvalue weighted by Crippen LogP contribution is -2.37. The van der Waals surface area contributed by atoms with Crippen LogP contribution in [0.1, 0.15) is 19.4 Å². The monoisotopic (exact) mass is 341 g/mol. The van der Waals surface area contributed by atoms with Gasteiger partial charge in [-0.25, -0.2) is 9.48 Å². The smallest absolute Gasteiger partial charge is 0.333 e. The van der Waals surface area contributed by atoms with Crippen molar-refractivity contribution in [3.05, 3.63) is 54.4 Å². The number of hydrogen-bond acceptors (Lipinski definition) is 5. The maximum absolute atomic E-state index is 12.2. The van der Waals surface area contributed by atoms with Gasteiger partial charge in [0.1, 0.15) is 5.03 Å². The van der Waals surface area contributed by atoms with E-state index in [4.69, 9.17) is 4.74 Å². The molecule has 0 unspecified atom stereocenters. The molecule has 0 bridgehead atoms. The number of carbonyl (C=O) groups is 1. The first-order chi connectivity index (χ1) is 11.5. The largest absolute Gasteiger partial charge is 0.467 e. The zero-order valence-corrected chi connectivity index (χ0v) is 14.7.